The highest BCUT2D eigenvalue weighted by molar-refractivity contribution is 5.95. The number of benzene rings is 2. The highest BCUT2D eigenvalue weighted by Gasteiger charge is 2.29. The van der Waals surface area contributed by atoms with Crippen LogP contribution in [0.5, 0.6) is 5.75 Å². The van der Waals surface area contributed by atoms with Crippen LogP contribution in [0.15, 0.2) is 42.5 Å². The number of carbonyl (C=O) groups excluding carboxylic acids is 1. The molecule has 0 atom stereocenters. The molecule has 0 amide bonds. The molecule has 0 radical (unpaired) electrons. The van der Waals surface area contributed by atoms with Crippen molar-refractivity contribution in [2.75, 3.05) is 0 Å². The van der Waals surface area contributed by atoms with Crippen molar-refractivity contribution >= 4 is 5.78 Å². The van der Waals surface area contributed by atoms with Crippen molar-refractivity contribution in [3.05, 3.63) is 64.7 Å². The molecule has 2 aromatic rings. The molecule has 2 nitrogen and oxygen atoms in total. The van der Waals surface area contributed by atoms with Crippen LogP contribution < -0.4 is 4.74 Å². The van der Waals surface area contributed by atoms with Gasteiger partial charge in [0.05, 0.1) is 5.56 Å². The van der Waals surface area contributed by atoms with E-state index in [2.05, 4.69) is 0 Å². The van der Waals surface area contributed by atoms with E-state index < -0.39 is 11.7 Å². The van der Waals surface area contributed by atoms with Crippen molar-refractivity contribution in [3.63, 3.8) is 0 Å². The van der Waals surface area contributed by atoms with Gasteiger partial charge in [0.1, 0.15) is 12.4 Å². The van der Waals surface area contributed by atoms with Crippen LogP contribution in [0.2, 0.25) is 0 Å². The van der Waals surface area contributed by atoms with Crippen molar-refractivity contribution in [2.45, 2.75) is 26.6 Å². The molecule has 0 spiro atoms. The van der Waals surface area contributed by atoms with Gasteiger partial charge in [-0.25, -0.2) is 0 Å². The Labute approximate surface area is 126 Å². The summed E-state index contributed by atoms with van der Waals surface area (Å²) in [7, 11) is 0. The summed E-state index contributed by atoms with van der Waals surface area (Å²) in [4.78, 5) is 11.3. The van der Waals surface area contributed by atoms with Crippen LogP contribution in [0.1, 0.15) is 34.0 Å². The van der Waals surface area contributed by atoms with Crippen molar-refractivity contribution < 1.29 is 22.7 Å². The second kappa shape index (κ2) is 6.22. The monoisotopic (exact) mass is 308 g/mol. The lowest BCUT2D eigenvalue weighted by Crippen LogP contribution is -2.05. The maximum absolute atomic E-state index is 12.5. The first-order valence-electron chi connectivity index (χ1n) is 6.68. The van der Waals surface area contributed by atoms with E-state index in [9.17, 15) is 18.0 Å². The first-order chi connectivity index (χ1) is 10.3. The predicted molar refractivity (Wildman–Crippen MR) is 77.0 cm³/mol. The molecular weight excluding hydrogens is 293 g/mol. The standard InChI is InChI=1S/C17H15F3O2/c1-11-9-15(7-8-16(11)12(2)21)22-10-13-3-5-14(6-4-13)17(18,19)20/h3-9H,10H2,1-2H3. The predicted octanol–water partition coefficient (Wildman–Crippen LogP) is 4.80. The molecular formula is C17H15F3O2. The Morgan fingerprint density at radius 2 is 1.73 bits per heavy atom. The zero-order chi connectivity index (χ0) is 16.3. The number of carbonyl (C=O) groups is 1. The van der Waals surface area contributed by atoms with Gasteiger partial charge in [0.15, 0.2) is 5.78 Å². The number of alkyl halides is 3. The Hall–Kier alpha value is -2.30. The van der Waals surface area contributed by atoms with E-state index in [-0.39, 0.29) is 12.4 Å². The van der Waals surface area contributed by atoms with Gasteiger partial charge in [-0.2, -0.15) is 13.2 Å². The first kappa shape index (κ1) is 16.1. The molecule has 0 aliphatic carbocycles. The van der Waals surface area contributed by atoms with Gasteiger partial charge in [-0.1, -0.05) is 12.1 Å². The molecule has 0 fully saturated rings. The quantitative estimate of drug-likeness (QED) is 0.759. The van der Waals surface area contributed by atoms with E-state index >= 15 is 0 Å². The lowest BCUT2D eigenvalue weighted by molar-refractivity contribution is -0.137. The molecule has 0 heterocycles. The number of ether oxygens (including phenoxy) is 1. The van der Waals surface area contributed by atoms with Gasteiger partial charge in [-0.05, 0) is 55.3 Å². The number of rotatable bonds is 4. The highest BCUT2D eigenvalue weighted by atomic mass is 19.4. The average Bonchev–Trinajstić information content (AvgIpc) is 2.44. The Balaban J connectivity index is 2.04. The van der Waals surface area contributed by atoms with Gasteiger partial charge < -0.3 is 4.74 Å². The minimum Gasteiger partial charge on any atom is -0.489 e. The second-order valence-electron chi connectivity index (χ2n) is 5.02. The summed E-state index contributed by atoms with van der Waals surface area (Å²) in [6.07, 6.45) is -4.33. The van der Waals surface area contributed by atoms with Crippen LogP contribution in [0.4, 0.5) is 13.2 Å². The molecule has 0 aliphatic heterocycles. The van der Waals surface area contributed by atoms with Crippen LogP contribution in [-0.4, -0.2) is 5.78 Å². The summed E-state index contributed by atoms with van der Waals surface area (Å²) in [6.45, 7) is 3.46. The molecule has 2 rings (SSSR count). The van der Waals surface area contributed by atoms with Gasteiger partial charge in [0.2, 0.25) is 0 Å². The van der Waals surface area contributed by atoms with Crippen LogP contribution in [0, 0.1) is 6.92 Å². The van der Waals surface area contributed by atoms with Crippen LogP contribution in [0.3, 0.4) is 0 Å². The third kappa shape index (κ3) is 3.87. The summed E-state index contributed by atoms with van der Waals surface area (Å²) in [6, 6.07) is 9.93. The highest BCUT2D eigenvalue weighted by Crippen LogP contribution is 2.29. The zero-order valence-electron chi connectivity index (χ0n) is 12.2. The van der Waals surface area contributed by atoms with Crippen molar-refractivity contribution in [1.82, 2.24) is 0 Å². The van der Waals surface area contributed by atoms with E-state index in [1.165, 1.54) is 19.1 Å². The molecule has 0 bridgehead atoms. The summed E-state index contributed by atoms with van der Waals surface area (Å²) in [5, 5.41) is 0. The Morgan fingerprint density at radius 3 is 2.23 bits per heavy atom. The van der Waals surface area contributed by atoms with Crippen molar-refractivity contribution in [1.29, 1.82) is 0 Å². The number of aryl methyl sites for hydroxylation is 1. The van der Waals surface area contributed by atoms with Crippen molar-refractivity contribution in [3.8, 4) is 5.75 Å². The fraction of sp³-hybridized carbons (Fsp3) is 0.235. The molecule has 0 saturated carbocycles. The van der Waals surface area contributed by atoms with E-state index in [1.807, 2.05) is 6.92 Å². The van der Waals surface area contributed by atoms with Crippen LogP contribution in [0.25, 0.3) is 0 Å². The molecule has 0 N–H and O–H groups in total. The molecule has 22 heavy (non-hydrogen) atoms. The Morgan fingerprint density at radius 1 is 1.09 bits per heavy atom. The topological polar surface area (TPSA) is 26.3 Å². The van der Waals surface area contributed by atoms with Gasteiger partial charge in [0.25, 0.3) is 0 Å². The Bertz CT molecular complexity index is 673. The lowest BCUT2D eigenvalue weighted by Gasteiger charge is -2.10. The largest absolute Gasteiger partial charge is 0.489 e. The first-order valence-corrected chi connectivity index (χ1v) is 6.68. The summed E-state index contributed by atoms with van der Waals surface area (Å²) >= 11 is 0. The molecule has 2 aromatic carbocycles. The molecule has 0 aromatic heterocycles. The summed E-state index contributed by atoms with van der Waals surface area (Å²) in [5.74, 6) is 0.550. The summed E-state index contributed by atoms with van der Waals surface area (Å²) in [5.41, 5.74) is 1.39. The third-order valence-corrected chi connectivity index (χ3v) is 3.26. The number of hydrogen-bond donors (Lipinski definition) is 0. The number of Topliss-reactive ketones (excluding diaryl/α,β-unsaturated/α-hetero) is 1. The van der Waals surface area contributed by atoms with Crippen molar-refractivity contribution in [2.24, 2.45) is 0 Å². The average molecular weight is 308 g/mol. The number of ketones is 1. The van der Waals surface area contributed by atoms with E-state index in [0.717, 1.165) is 17.7 Å². The normalized spacial score (nSPS) is 11.3. The molecule has 0 aliphatic rings. The Kier molecular flexibility index (Phi) is 4.54. The second-order valence-corrected chi connectivity index (χ2v) is 5.02. The smallest absolute Gasteiger partial charge is 0.416 e. The lowest BCUT2D eigenvalue weighted by atomic mass is 10.1. The maximum Gasteiger partial charge on any atom is 0.416 e. The SMILES string of the molecule is CC(=O)c1ccc(OCc2ccc(C(F)(F)F)cc2)cc1C. The van der Waals surface area contributed by atoms with Gasteiger partial charge in [0, 0.05) is 5.56 Å². The summed E-state index contributed by atoms with van der Waals surface area (Å²) < 4.78 is 42.9. The fourth-order valence-electron chi connectivity index (χ4n) is 2.08. The third-order valence-electron chi connectivity index (χ3n) is 3.26. The van der Waals surface area contributed by atoms with E-state index in [1.54, 1.807) is 18.2 Å². The van der Waals surface area contributed by atoms with Crippen LogP contribution >= 0.6 is 0 Å². The molecule has 116 valence electrons. The fourth-order valence-corrected chi connectivity index (χ4v) is 2.08. The van der Waals surface area contributed by atoms with Crippen LogP contribution in [-0.2, 0) is 12.8 Å². The van der Waals surface area contributed by atoms with Gasteiger partial charge in [-0.3, -0.25) is 4.79 Å². The van der Waals surface area contributed by atoms with E-state index in [4.69, 9.17) is 4.74 Å². The molecule has 0 unspecified atom stereocenters. The number of hydrogen-bond acceptors (Lipinski definition) is 2. The number of halogens is 3. The molecule has 0 saturated heterocycles. The molecule has 5 heteroatoms. The maximum atomic E-state index is 12.5. The van der Waals surface area contributed by atoms with Gasteiger partial charge in [-0.15, -0.1) is 0 Å². The minimum atomic E-state index is -4.33. The van der Waals surface area contributed by atoms with E-state index in [0.29, 0.717) is 16.9 Å². The minimum absolute atomic E-state index is 0.0215. The van der Waals surface area contributed by atoms with Gasteiger partial charge >= 0.3 is 6.18 Å². The zero-order valence-corrected chi connectivity index (χ0v) is 12.2.